The van der Waals surface area contributed by atoms with Crippen molar-refractivity contribution in [2.75, 3.05) is 18.9 Å². The van der Waals surface area contributed by atoms with Crippen molar-refractivity contribution in [3.63, 3.8) is 0 Å². The monoisotopic (exact) mass is 398 g/mol. The van der Waals surface area contributed by atoms with Crippen molar-refractivity contribution in [1.29, 1.82) is 0 Å². The van der Waals surface area contributed by atoms with Gasteiger partial charge >= 0.3 is 0 Å². The molecule has 1 amide bonds. The first-order valence-electron chi connectivity index (χ1n) is 7.12. The molecule has 1 N–H and O–H groups in total. The number of amides is 1. The largest absolute Gasteiger partial charge is 0.324 e. The van der Waals surface area contributed by atoms with E-state index in [-0.39, 0.29) is 18.0 Å². The molecule has 0 aliphatic heterocycles. The lowest BCUT2D eigenvalue weighted by Gasteiger charge is -2.16. The number of carbonyl (C=O) groups is 1. The predicted octanol–water partition coefficient (Wildman–Crippen LogP) is 4.70. The number of nitrogens with one attached hydrogen (secondary N) is 1. The smallest absolute Gasteiger partial charge is 0.225 e. The Morgan fingerprint density at radius 2 is 2.09 bits per heavy atom. The second-order valence-corrected chi connectivity index (χ2v) is 6.64. The van der Waals surface area contributed by atoms with E-state index in [4.69, 9.17) is 11.6 Å². The van der Waals surface area contributed by atoms with E-state index in [1.165, 1.54) is 12.1 Å². The summed E-state index contributed by atoms with van der Waals surface area (Å²) in [6.07, 6.45) is 0.284. The van der Waals surface area contributed by atoms with Crippen molar-refractivity contribution in [2.45, 2.75) is 13.0 Å². The van der Waals surface area contributed by atoms with Crippen LogP contribution in [-0.4, -0.2) is 24.4 Å². The molecule has 0 heterocycles. The van der Waals surface area contributed by atoms with Gasteiger partial charge in [-0.3, -0.25) is 4.79 Å². The first-order valence-corrected chi connectivity index (χ1v) is 8.29. The molecule has 122 valence electrons. The number of hydrogen-bond acceptors (Lipinski definition) is 2. The molecule has 0 aliphatic rings. The molecule has 6 heteroatoms. The molecule has 0 bridgehead atoms. The van der Waals surface area contributed by atoms with Crippen LogP contribution in [0.25, 0.3) is 0 Å². The lowest BCUT2D eigenvalue weighted by Crippen LogP contribution is -2.24. The third kappa shape index (κ3) is 5.94. The SMILES string of the molecule is CN(CCC(=O)Nc1ccc(Br)cc1F)Cc1cccc(Cl)c1. The Morgan fingerprint density at radius 3 is 2.78 bits per heavy atom. The minimum absolute atomic E-state index is 0.190. The second-order valence-electron chi connectivity index (χ2n) is 5.29. The zero-order valence-corrected chi connectivity index (χ0v) is 15.0. The Hall–Kier alpha value is -1.43. The number of benzene rings is 2. The topological polar surface area (TPSA) is 32.3 Å². The maximum absolute atomic E-state index is 13.7. The third-order valence-electron chi connectivity index (χ3n) is 3.27. The fraction of sp³-hybridized carbons (Fsp3) is 0.235. The van der Waals surface area contributed by atoms with Crippen LogP contribution in [0.5, 0.6) is 0 Å². The van der Waals surface area contributed by atoms with Gasteiger partial charge in [-0.15, -0.1) is 0 Å². The highest BCUT2D eigenvalue weighted by Crippen LogP contribution is 2.19. The Morgan fingerprint density at radius 1 is 1.30 bits per heavy atom. The van der Waals surface area contributed by atoms with Gasteiger partial charge in [0.1, 0.15) is 5.82 Å². The molecule has 3 nitrogen and oxygen atoms in total. The van der Waals surface area contributed by atoms with Crippen LogP contribution in [-0.2, 0) is 11.3 Å². The first-order chi connectivity index (χ1) is 10.9. The van der Waals surface area contributed by atoms with Gasteiger partial charge in [-0.05, 0) is 42.9 Å². The molecule has 0 aromatic heterocycles. The normalized spacial score (nSPS) is 10.8. The standard InChI is InChI=1S/C17H17BrClFN2O/c1-22(11-12-3-2-4-14(19)9-12)8-7-17(23)21-16-6-5-13(18)10-15(16)20/h2-6,9-10H,7-8,11H2,1H3,(H,21,23). The van der Waals surface area contributed by atoms with E-state index in [0.717, 1.165) is 5.56 Å². The van der Waals surface area contributed by atoms with Crippen LogP contribution in [0.3, 0.4) is 0 Å². The Labute approximate surface area is 148 Å². The van der Waals surface area contributed by atoms with Crippen LogP contribution < -0.4 is 5.32 Å². The second kappa shape index (κ2) is 8.43. The zero-order chi connectivity index (χ0) is 16.8. The molecule has 0 saturated carbocycles. The molecule has 2 aromatic carbocycles. The van der Waals surface area contributed by atoms with E-state index in [9.17, 15) is 9.18 Å². The van der Waals surface area contributed by atoms with Gasteiger partial charge in [-0.1, -0.05) is 39.7 Å². The average Bonchev–Trinajstić information content (AvgIpc) is 2.48. The molecule has 0 spiro atoms. The quantitative estimate of drug-likeness (QED) is 0.763. The average molecular weight is 400 g/mol. The van der Waals surface area contributed by atoms with Crippen LogP contribution in [0.1, 0.15) is 12.0 Å². The van der Waals surface area contributed by atoms with Gasteiger partial charge in [0, 0.05) is 29.0 Å². The summed E-state index contributed by atoms with van der Waals surface area (Å²) in [7, 11) is 1.92. The van der Waals surface area contributed by atoms with Gasteiger partial charge < -0.3 is 10.2 Å². The van der Waals surface area contributed by atoms with Crippen LogP contribution in [0.15, 0.2) is 46.9 Å². The molecule has 23 heavy (non-hydrogen) atoms. The van der Waals surface area contributed by atoms with Crippen LogP contribution >= 0.6 is 27.5 Å². The summed E-state index contributed by atoms with van der Waals surface area (Å²) < 4.78 is 14.3. The van der Waals surface area contributed by atoms with E-state index in [0.29, 0.717) is 22.6 Å². The number of hydrogen-bond donors (Lipinski definition) is 1. The molecule has 0 unspecified atom stereocenters. The van der Waals surface area contributed by atoms with E-state index < -0.39 is 5.82 Å². The number of rotatable bonds is 6. The molecule has 2 rings (SSSR count). The molecule has 0 radical (unpaired) electrons. The highest BCUT2D eigenvalue weighted by Gasteiger charge is 2.09. The summed E-state index contributed by atoms with van der Waals surface area (Å²) in [5, 5.41) is 3.28. The Kier molecular flexibility index (Phi) is 6.57. The van der Waals surface area contributed by atoms with Crippen LogP contribution in [0, 0.1) is 5.82 Å². The fourth-order valence-corrected chi connectivity index (χ4v) is 2.67. The molecule has 2 aromatic rings. The Bertz CT molecular complexity index is 696. The lowest BCUT2D eigenvalue weighted by molar-refractivity contribution is -0.116. The van der Waals surface area contributed by atoms with E-state index in [2.05, 4.69) is 21.2 Å². The molecular weight excluding hydrogens is 383 g/mol. The van der Waals surface area contributed by atoms with E-state index >= 15 is 0 Å². The van der Waals surface area contributed by atoms with Crippen molar-refractivity contribution in [3.05, 3.63) is 63.3 Å². The summed E-state index contributed by atoms with van der Waals surface area (Å²) in [6.45, 7) is 1.26. The van der Waals surface area contributed by atoms with Gasteiger partial charge in [-0.25, -0.2) is 4.39 Å². The third-order valence-corrected chi connectivity index (χ3v) is 4.00. The van der Waals surface area contributed by atoms with Gasteiger partial charge in [0.05, 0.1) is 5.69 Å². The first kappa shape index (κ1) is 17.9. The van der Waals surface area contributed by atoms with Crippen molar-refractivity contribution in [1.82, 2.24) is 4.90 Å². The fourth-order valence-electron chi connectivity index (χ4n) is 2.12. The van der Waals surface area contributed by atoms with Gasteiger partial charge in [0.2, 0.25) is 5.91 Å². The van der Waals surface area contributed by atoms with Gasteiger partial charge in [0.15, 0.2) is 0 Å². The minimum Gasteiger partial charge on any atom is -0.324 e. The summed E-state index contributed by atoms with van der Waals surface area (Å²) >= 11 is 9.13. The summed E-state index contributed by atoms with van der Waals surface area (Å²) in [5.41, 5.74) is 1.27. The minimum atomic E-state index is -0.458. The zero-order valence-electron chi connectivity index (χ0n) is 12.7. The number of carbonyl (C=O) groups excluding carboxylic acids is 1. The molecule has 0 saturated heterocycles. The predicted molar refractivity (Wildman–Crippen MR) is 95.1 cm³/mol. The van der Waals surface area contributed by atoms with Crippen molar-refractivity contribution in [3.8, 4) is 0 Å². The molecular formula is C17H17BrClFN2O. The molecule has 0 atom stereocenters. The number of nitrogens with zero attached hydrogens (tertiary/aromatic N) is 1. The van der Waals surface area contributed by atoms with Crippen molar-refractivity contribution < 1.29 is 9.18 Å². The van der Waals surface area contributed by atoms with E-state index in [1.807, 2.05) is 36.2 Å². The van der Waals surface area contributed by atoms with Gasteiger partial charge in [-0.2, -0.15) is 0 Å². The summed E-state index contributed by atoms with van der Waals surface area (Å²) in [6, 6.07) is 12.1. The van der Waals surface area contributed by atoms with Crippen molar-refractivity contribution >= 4 is 39.1 Å². The van der Waals surface area contributed by atoms with E-state index in [1.54, 1.807) is 6.07 Å². The highest BCUT2D eigenvalue weighted by atomic mass is 79.9. The van der Waals surface area contributed by atoms with Crippen molar-refractivity contribution in [2.24, 2.45) is 0 Å². The van der Waals surface area contributed by atoms with Gasteiger partial charge in [0.25, 0.3) is 0 Å². The summed E-state index contributed by atoms with van der Waals surface area (Å²) in [5.74, 6) is -0.677. The maximum Gasteiger partial charge on any atom is 0.225 e. The number of anilines is 1. The molecule has 0 aliphatic carbocycles. The van der Waals surface area contributed by atoms with Crippen LogP contribution in [0.2, 0.25) is 5.02 Å². The highest BCUT2D eigenvalue weighted by molar-refractivity contribution is 9.10. The lowest BCUT2D eigenvalue weighted by atomic mass is 10.2. The van der Waals surface area contributed by atoms with Crippen LogP contribution in [0.4, 0.5) is 10.1 Å². The number of halogens is 3. The maximum atomic E-state index is 13.7. The molecule has 0 fully saturated rings. The Balaban J connectivity index is 1.81. The summed E-state index contributed by atoms with van der Waals surface area (Å²) in [4.78, 5) is 13.9.